The zero-order valence-electron chi connectivity index (χ0n) is 15.3. The molecule has 6 heteroatoms. The number of anilines is 1. The van der Waals surface area contributed by atoms with Crippen molar-refractivity contribution in [3.63, 3.8) is 0 Å². The van der Waals surface area contributed by atoms with Crippen LogP contribution in [0.2, 0.25) is 0 Å². The number of nitrogens with zero attached hydrogens (tertiary/aromatic N) is 2. The SMILES string of the molecule is CC(C)Oc1cccc(NC(=O)c2cccnc2SCc2ccncc2)c1. The summed E-state index contributed by atoms with van der Waals surface area (Å²) < 4.78 is 5.68. The Kier molecular flexibility index (Phi) is 6.44. The monoisotopic (exact) mass is 379 g/mol. The van der Waals surface area contributed by atoms with Crippen molar-refractivity contribution in [2.45, 2.75) is 30.7 Å². The average Bonchev–Trinajstić information content (AvgIpc) is 2.67. The first kappa shape index (κ1) is 18.9. The van der Waals surface area contributed by atoms with Crippen LogP contribution >= 0.6 is 11.8 Å². The van der Waals surface area contributed by atoms with E-state index in [2.05, 4.69) is 15.3 Å². The highest BCUT2D eigenvalue weighted by Crippen LogP contribution is 2.25. The molecule has 0 spiro atoms. The van der Waals surface area contributed by atoms with Crippen molar-refractivity contribution in [2.24, 2.45) is 0 Å². The highest BCUT2D eigenvalue weighted by molar-refractivity contribution is 7.98. The maximum absolute atomic E-state index is 12.8. The molecule has 138 valence electrons. The predicted octanol–water partition coefficient (Wildman–Crippen LogP) is 4.81. The number of benzene rings is 1. The quantitative estimate of drug-likeness (QED) is 0.597. The molecule has 0 saturated carbocycles. The van der Waals surface area contributed by atoms with Crippen LogP contribution in [0.15, 0.2) is 72.1 Å². The van der Waals surface area contributed by atoms with Gasteiger partial charge in [0.25, 0.3) is 5.91 Å². The van der Waals surface area contributed by atoms with Gasteiger partial charge < -0.3 is 10.1 Å². The Morgan fingerprint density at radius 2 is 1.93 bits per heavy atom. The van der Waals surface area contributed by atoms with Crippen molar-refractivity contribution in [3.8, 4) is 5.75 Å². The lowest BCUT2D eigenvalue weighted by atomic mass is 10.2. The van der Waals surface area contributed by atoms with E-state index < -0.39 is 0 Å². The van der Waals surface area contributed by atoms with Crippen molar-refractivity contribution in [3.05, 3.63) is 78.2 Å². The van der Waals surface area contributed by atoms with Gasteiger partial charge in [-0.05, 0) is 55.8 Å². The number of rotatable bonds is 7. The van der Waals surface area contributed by atoms with Gasteiger partial charge >= 0.3 is 0 Å². The Morgan fingerprint density at radius 3 is 2.70 bits per heavy atom. The zero-order chi connectivity index (χ0) is 19.1. The van der Waals surface area contributed by atoms with Crippen LogP contribution in [0.25, 0.3) is 0 Å². The number of pyridine rings is 2. The van der Waals surface area contributed by atoms with E-state index in [9.17, 15) is 4.79 Å². The Balaban J connectivity index is 1.71. The van der Waals surface area contributed by atoms with Crippen molar-refractivity contribution >= 4 is 23.4 Å². The van der Waals surface area contributed by atoms with Crippen LogP contribution in [-0.2, 0) is 5.75 Å². The van der Waals surface area contributed by atoms with E-state index >= 15 is 0 Å². The lowest BCUT2D eigenvalue weighted by molar-refractivity contribution is 0.102. The molecule has 0 aliphatic carbocycles. The molecule has 0 bridgehead atoms. The third kappa shape index (κ3) is 5.56. The Morgan fingerprint density at radius 1 is 1.11 bits per heavy atom. The fraction of sp³-hybridized carbons (Fsp3) is 0.190. The van der Waals surface area contributed by atoms with Crippen LogP contribution in [-0.4, -0.2) is 22.0 Å². The summed E-state index contributed by atoms with van der Waals surface area (Å²) in [7, 11) is 0. The van der Waals surface area contributed by atoms with Crippen molar-refractivity contribution < 1.29 is 9.53 Å². The summed E-state index contributed by atoms with van der Waals surface area (Å²) in [5.74, 6) is 1.25. The maximum Gasteiger partial charge on any atom is 0.258 e. The van der Waals surface area contributed by atoms with Crippen molar-refractivity contribution in [2.75, 3.05) is 5.32 Å². The number of carbonyl (C=O) groups is 1. The number of amides is 1. The lowest BCUT2D eigenvalue weighted by Crippen LogP contribution is -2.14. The average molecular weight is 379 g/mol. The van der Waals surface area contributed by atoms with Gasteiger partial charge in [0.05, 0.1) is 11.7 Å². The molecular formula is C21H21N3O2S. The molecule has 0 aliphatic rings. The van der Waals surface area contributed by atoms with Gasteiger partial charge in [-0.2, -0.15) is 0 Å². The fourth-order valence-electron chi connectivity index (χ4n) is 2.43. The van der Waals surface area contributed by atoms with Gasteiger partial charge in [-0.25, -0.2) is 4.98 Å². The molecule has 0 radical (unpaired) electrons. The molecule has 2 heterocycles. The number of ether oxygens (including phenoxy) is 1. The van der Waals surface area contributed by atoms with Crippen LogP contribution in [0.4, 0.5) is 5.69 Å². The molecule has 5 nitrogen and oxygen atoms in total. The van der Waals surface area contributed by atoms with Crippen LogP contribution in [0.3, 0.4) is 0 Å². The molecular weight excluding hydrogens is 358 g/mol. The number of thioether (sulfide) groups is 1. The van der Waals surface area contributed by atoms with Crippen LogP contribution in [0.5, 0.6) is 5.75 Å². The topological polar surface area (TPSA) is 64.1 Å². The van der Waals surface area contributed by atoms with Crippen molar-refractivity contribution in [1.82, 2.24) is 9.97 Å². The van der Waals surface area contributed by atoms with E-state index in [0.717, 1.165) is 17.1 Å². The summed E-state index contributed by atoms with van der Waals surface area (Å²) in [6.45, 7) is 3.93. The Bertz CT molecular complexity index is 901. The zero-order valence-corrected chi connectivity index (χ0v) is 16.1. The third-order valence-electron chi connectivity index (χ3n) is 3.60. The second-order valence-corrected chi connectivity index (χ2v) is 7.11. The van der Waals surface area contributed by atoms with Crippen LogP contribution in [0.1, 0.15) is 29.8 Å². The molecule has 0 unspecified atom stereocenters. The van der Waals surface area contributed by atoms with Gasteiger partial charge in [0, 0.05) is 36.1 Å². The molecule has 1 amide bonds. The third-order valence-corrected chi connectivity index (χ3v) is 4.68. The van der Waals surface area contributed by atoms with Gasteiger partial charge in [-0.1, -0.05) is 6.07 Å². The summed E-state index contributed by atoms with van der Waals surface area (Å²) in [4.78, 5) is 21.2. The molecule has 27 heavy (non-hydrogen) atoms. The largest absolute Gasteiger partial charge is 0.491 e. The number of hydrogen-bond donors (Lipinski definition) is 1. The molecule has 0 aliphatic heterocycles. The highest BCUT2D eigenvalue weighted by atomic mass is 32.2. The molecule has 3 aromatic rings. The number of aromatic nitrogens is 2. The van der Waals surface area contributed by atoms with E-state index in [1.165, 1.54) is 11.8 Å². The van der Waals surface area contributed by atoms with E-state index in [0.29, 0.717) is 16.3 Å². The molecule has 2 aromatic heterocycles. The normalized spacial score (nSPS) is 10.6. The molecule has 1 aromatic carbocycles. The molecule has 0 atom stereocenters. The second-order valence-electron chi connectivity index (χ2n) is 6.15. The number of nitrogens with one attached hydrogen (secondary N) is 1. The number of hydrogen-bond acceptors (Lipinski definition) is 5. The summed E-state index contributed by atoms with van der Waals surface area (Å²) in [5.41, 5.74) is 2.37. The maximum atomic E-state index is 12.8. The van der Waals surface area contributed by atoms with E-state index in [-0.39, 0.29) is 12.0 Å². The first-order chi connectivity index (χ1) is 13.1. The van der Waals surface area contributed by atoms with E-state index in [1.54, 1.807) is 30.7 Å². The fourth-order valence-corrected chi connectivity index (χ4v) is 3.37. The summed E-state index contributed by atoms with van der Waals surface area (Å²) >= 11 is 1.53. The molecule has 3 rings (SSSR count). The predicted molar refractivity (Wildman–Crippen MR) is 108 cm³/mol. The number of carbonyl (C=O) groups excluding carboxylic acids is 1. The lowest BCUT2D eigenvalue weighted by Gasteiger charge is -2.12. The van der Waals surface area contributed by atoms with Gasteiger partial charge in [0.1, 0.15) is 10.8 Å². The molecule has 0 fully saturated rings. The summed E-state index contributed by atoms with van der Waals surface area (Å²) in [6, 6.07) is 14.8. The van der Waals surface area contributed by atoms with Crippen LogP contribution in [0, 0.1) is 0 Å². The molecule has 0 saturated heterocycles. The van der Waals surface area contributed by atoms with Crippen molar-refractivity contribution in [1.29, 1.82) is 0 Å². The summed E-state index contributed by atoms with van der Waals surface area (Å²) in [6.07, 6.45) is 5.29. The van der Waals surface area contributed by atoms with Crippen LogP contribution < -0.4 is 10.1 Å². The minimum absolute atomic E-state index is 0.0745. The van der Waals surface area contributed by atoms with Gasteiger partial charge in [-0.15, -0.1) is 11.8 Å². The van der Waals surface area contributed by atoms with E-state index in [1.807, 2.05) is 50.2 Å². The Hall–Kier alpha value is -2.86. The minimum Gasteiger partial charge on any atom is -0.491 e. The van der Waals surface area contributed by atoms with Gasteiger partial charge in [-0.3, -0.25) is 9.78 Å². The smallest absolute Gasteiger partial charge is 0.258 e. The first-order valence-corrected chi connectivity index (χ1v) is 9.65. The van der Waals surface area contributed by atoms with Gasteiger partial charge in [0.15, 0.2) is 0 Å². The Labute approximate surface area is 163 Å². The van der Waals surface area contributed by atoms with Gasteiger partial charge in [0.2, 0.25) is 0 Å². The molecule has 1 N–H and O–H groups in total. The first-order valence-electron chi connectivity index (χ1n) is 8.66. The minimum atomic E-state index is -0.193. The summed E-state index contributed by atoms with van der Waals surface area (Å²) in [5, 5.41) is 3.62. The standard InChI is InChI=1S/C21H21N3O2S/c1-15(2)26-18-6-3-5-17(13-18)24-20(25)19-7-4-10-23-21(19)27-14-16-8-11-22-12-9-16/h3-13,15H,14H2,1-2H3,(H,24,25). The van der Waals surface area contributed by atoms with E-state index in [4.69, 9.17) is 4.74 Å². The highest BCUT2D eigenvalue weighted by Gasteiger charge is 2.13. The second kappa shape index (κ2) is 9.19.